The Morgan fingerprint density at radius 2 is 1.00 bits per heavy atom. The van der Waals surface area contributed by atoms with Gasteiger partial charge in [-0.1, -0.05) is 36.4 Å². The molecule has 4 aromatic rings. The molecular weight excluding hydrogens is 608 g/mol. The Morgan fingerprint density at radius 3 is 1.36 bits per heavy atom. The van der Waals surface area contributed by atoms with Gasteiger partial charge in [0, 0.05) is 37.4 Å². The highest BCUT2D eigenvalue weighted by atomic mass is 16.7. The van der Waals surface area contributed by atoms with E-state index in [9.17, 15) is 29.8 Å². The fourth-order valence-corrected chi connectivity index (χ4v) is 4.28. The standard InChI is InChI=1S/C34H34N4O9/c39-33(27-11-5-25(6-12-27)9-15-29-17-19-31(46-29)37(41)42)35-21-1-3-23-45-24-4-2-22-36-34(40)28-13-7-26(8-14-28)10-16-30-18-20-32(47-30)38(43)44/h5-20H,1-4,21-24H2,(H,35,39)(H,36,40). The van der Waals surface area contributed by atoms with Crippen molar-refractivity contribution in [3.8, 4) is 0 Å². The number of nitrogens with zero attached hydrogens (tertiary/aromatic N) is 2. The Kier molecular flexibility index (Phi) is 12.8. The average molecular weight is 643 g/mol. The van der Waals surface area contributed by atoms with Crippen LogP contribution in [0.15, 0.2) is 81.6 Å². The normalized spacial score (nSPS) is 11.2. The van der Waals surface area contributed by atoms with Gasteiger partial charge in [-0.25, -0.2) is 0 Å². The zero-order valence-electron chi connectivity index (χ0n) is 25.5. The molecule has 0 saturated carbocycles. The van der Waals surface area contributed by atoms with E-state index >= 15 is 0 Å². The third-order valence-corrected chi connectivity index (χ3v) is 6.81. The number of carbonyl (C=O) groups excluding carboxylic acids is 2. The number of benzene rings is 2. The molecule has 244 valence electrons. The predicted octanol–water partition coefficient (Wildman–Crippen LogP) is 6.77. The van der Waals surface area contributed by atoms with Crippen LogP contribution in [0.4, 0.5) is 11.8 Å². The summed E-state index contributed by atoms with van der Waals surface area (Å²) in [6, 6.07) is 19.6. The van der Waals surface area contributed by atoms with Crippen molar-refractivity contribution in [2.24, 2.45) is 0 Å². The summed E-state index contributed by atoms with van der Waals surface area (Å²) in [6.45, 7) is 2.22. The smallest absolute Gasteiger partial charge is 0.401 e. The van der Waals surface area contributed by atoms with E-state index in [2.05, 4.69) is 10.6 Å². The average Bonchev–Trinajstić information content (AvgIpc) is 3.76. The number of hydrogen-bond acceptors (Lipinski definition) is 9. The van der Waals surface area contributed by atoms with Crippen molar-refractivity contribution in [1.29, 1.82) is 0 Å². The van der Waals surface area contributed by atoms with Crippen LogP contribution in [0.25, 0.3) is 24.3 Å². The number of carbonyl (C=O) groups is 2. The number of rotatable bonds is 18. The van der Waals surface area contributed by atoms with Crippen molar-refractivity contribution in [2.75, 3.05) is 26.3 Å². The van der Waals surface area contributed by atoms with Gasteiger partial charge in [0.1, 0.15) is 21.4 Å². The molecule has 2 amide bonds. The maximum absolute atomic E-state index is 12.4. The van der Waals surface area contributed by atoms with Crippen LogP contribution in [0.3, 0.4) is 0 Å². The highest BCUT2D eigenvalue weighted by Crippen LogP contribution is 2.19. The van der Waals surface area contributed by atoms with Crippen molar-refractivity contribution in [1.82, 2.24) is 10.6 Å². The molecule has 0 radical (unpaired) electrons. The van der Waals surface area contributed by atoms with Crippen LogP contribution in [0.1, 0.15) is 69.0 Å². The molecule has 13 nitrogen and oxygen atoms in total. The lowest BCUT2D eigenvalue weighted by Gasteiger charge is -2.07. The van der Waals surface area contributed by atoms with Crippen molar-refractivity contribution in [3.05, 3.63) is 127 Å². The third kappa shape index (κ3) is 11.2. The molecule has 0 bridgehead atoms. The second-order valence-corrected chi connectivity index (χ2v) is 10.3. The number of furan rings is 2. The number of ether oxygens (including phenoxy) is 1. The van der Waals surface area contributed by atoms with Gasteiger partial charge < -0.3 is 24.2 Å². The van der Waals surface area contributed by atoms with Crippen LogP contribution in [0.2, 0.25) is 0 Å². The quantitative estimate of drug-likeness (QED) is 0.0673. The van der Waals surface area contributed by atoms with Crippen molar-refractivity contribution < 1.29 is 33.0 Å². The first-order valence-electron chi connectivity index (χ1n) is 15.0. The zero-order valence-corrected chi connectivity index (χ0v) is 25.5. The molecular formula is C34H34N4O9. The summed E-state index contributed by atoms with van der Waals surface area (Å²) in [6.07, 6.45) is 9.89. The van der Waals surface area contributed by atoms with Crippen LogP contribution in [-0.4, -0.2) is 48.0 Å². The lowest BCUT2D eigenvalue weighted by molar-refractivity contribution is -0.402. The molecule has 47 heavy (non-hydrogen) atoms. The van der Waals surface area contributed by atoms with Crippen molar-refractivity contribution in [2.45, 2.75) is 25.7 Å². The summed E-state index contributed by atoms with van der Waals surface area (Å²) in [5, 5.41) is 27.2. The maximum atomic E-state index is 12.4. The topological polar surface area (TPSA) is 180 Å². The van der Waals surface area contributed by atoms with E-state index in [1.807, 2.05) is 0 Å². The second kappa shape index (κ2) is 17.6. The molecule has 0 aliphatic heterocycles. The number of hydrogen-bond donors (Lipinski definition) is 2. The van der Waals surface area contributed by atoms with Gasteiger partial charge in [-0.3, -0.25) is 29.8 Å². The summed E-state index contributed by atoms with van der Waals surface area (Å²) < 4.78 is 15.8. The van der Waals surface area contributed by atoms with Gasteiger partial charge in [0.25, 0.3) is 11.8 Å². The Bertz CT molecular complexity index is 1580. The summed E-state index contributed by atoms with van der Waals surface area (Å²) >= 11 is 0. The van der Waals surface area contributed by atoms with E-state index in [0.29, 0.717) is 49.0 Å². The Balaban J connectivity index is 1.01. The fraction of sp³-hybridized carbons (Fsp3) is 0.235. The van der Waals surface area contributed by atoms with E-state index in [-0.39, 0.29) is 23.6 Å². The molecule has 0 aliphatic carbocycles. The molecule has 0 atom stereocenters. The lowest BCUT2D eigenvalue weighted by atomic mass is 10.1. The minimum atomic E-state index is -0.596. The molecule has 0 saturated heterocycles. The van der Waals surface area contributed by atoms with Crippen molar-refractivity contribution in [3.63, 3.8) is 0 Å². The minimum Gasteiger partial charge on any atom is -0.401 e. The first-order chi connectivity index (χ1) is 22.8. The highest BCUT2D eigenvalue weighted by Gasteiger charge is 2.11. The van der Waals surface area contributed by atoms with Crippen LogP contribution < -0.4 is 10.6 Å². The summed E-state index contributed by atoms with van der Waals surface area (Å²) in [5.74, 6) is -0.246. The zero-order chi connectivity index (χ0) is 33.4. The molecule has 0 aliphatic rings. The minimum absolute atomic E-state index is 0.168. The Labute approximate surface area is 270 Å². The molecule has 2 aromatic heterocycles. The predicted molar refractivity (Wildman–Crippen MR) is 175 cm³/mol. The largest absolute Gasteiger partial charge is 0.433 e. The van der Waals surface area contributed by atoms with E-state index in [1.54, 1.807) is 72.8 Å². The van der Waals surface area contributed by atoms with Crippen LogP contribution in [-0.2, 0) is 4.74 Å². The number of unbranched alkanes of at least 4 members (excludes halogenated alkanes) is 2. The van der Waals surface area contributed by atoms with E-state index in [4.69, 9.17) is 13.6 Å². The van der Waals surface area contributed by atoms with Gasteiger partial charge in [0.05, 0.1) is 12.1 Å². The van der Waals surface area contributed by atoms with E-state index in [1.165, 1.54) is 24.3 Å². The summed E-state index contributed by atoms with van der Waals surface area (Å²) in [5.41, 5.74) is 2.71. The number of amides is 2. The third-order valence-electron chi connectivity index (χ3n) is 6.81. The van der Waals surface area contributed by atoms with E-state index in [0.717, 1.165) is 36.8 Å². The van der Waals surface area contributed by atoms with Gasteiger partial charge in [-0.15, -0.1) is 0 Å². The maximum Gasteiger partial charge on any atom is 0.433 e. The molecule has 2 aromatic carbocycles. The van der Waals surface area contributed by atoms with Crippen LogP contribution in [0, 0.1) is 20.2 Å². The van der Waals surface area contributed by atoms with Gasteiger partial charge >= 0.3 is 11.8 Å². The Morgan fingerprint density at radius 1 is 0.596 bits per heavy atom. The molecule has 13 heteroatoms. The van der Waals surface area contributed by atoms with Crippen molar-refractivity contribution >= 4 is 47.9 Å². The highest BCUT2D eigenvalue weighted by molar-refractivity contribution is 5.95. The molecule has 0 spiro atoms. The summed E-state index contributed by atoms with van der Waals surface area (Å²) in [7, 11) is 0. The molecule has 2 N–H and O–H groups in total. The molecule has 4 rings (SSSR count). The second-order valence-electron chi connectivity index (χ2n) is 10.3. The van der Waals surface area contributed by atoms with Gasteiger partial charge in [-0.05, 0) is 85.4 Å². The fourth-order valence-electron chi connectivity index (χ4n) is 4.28. The molecule has 0 fully saturated rings. The summed E-state index contributed by atoms with van der Waals surface area (Å²) in [4.78, 5) is 45.0. The van der Waals surface area contributed by atoms with Gasteiger partial charge in [0.2, 0.25) is 0 Å². The first-order valence-corrected chi connectivity index (χ1v) is 15.0. The van der Waals surface area contributed by atoms with Gasteiger partial charge in [0.15, 0.2) is 0 Å². The lowest BCUT2D eigenvalue weighted by Crippen LogP contribution is -2.24. The SMILES string of the molecule is O=C(NCCCCOCCCCNC(=O)c1ccc(C=Cc2ccc([N+](=O)[O-])o2)cc1)c1ccc(C=Cc2ccc([N+](=O)[O-])o2)cc1. The first kappa shape index (κ1) is 34.1. The number of nitro groups is 2. The van der Waals surface area contributed by atoms with Gasteiger partial charge in [-0.2, -0.15) is 0 Å². The van der Waals surface area contributed by atoms with Crippen LogP contribution in [0.5, 0.6) is 0 Å². The van der Waals surface area contributed by atoms with Crippen LogP contribution >= 0.6 is 0 Å². The monoisotopic (exact) mass is 642 g/mol. The molecule has 0 unspecified atom stereocenters. The molecule has 2 heterocycles. The number of nitrogens with one attached hydrogen (secondary N) is 2. The van der Waals surface area contributed by atoms with E-state index < -0.39 is 9.85 Å². The Hall–Kier alpha value is -5.82.